The van der Waals surface area contributed by atoms with Crippen LogP contribution >= 0.6 is 0 Å². The number of carbonyl (C=O) groups excluding carboxylic acids is 1. The van der Waals surface area contributed by atoms with E-state index in [9.17, 15) is 4.79 Å². The van der Waals surface area contributed by atoms with Gasteiger partial charge >= 0.3 is 5.97 Å². The lowest BCUT2D eigenvalue weighted by Crippen LogP contribution is -2.21. The Hall–Kier alpha value is -0.610. The highest BCUT2D eigenvalue weighted by Crippen LogP contribution is 1.84. The lowest BCUT2D eigenvalue weighted by molar-refractivity contribution is -0.151. The van der Waals surface area contributed by atoms with Crippen molar-refractivity contribution in [2.75, 3.05) is 13.2 Å². The van der Waals surface area contributed by atoms with Crippen molar-refractivity contribution in [3.63, 3.8) is 0 Å². The van der Waals surface area contributed by atoms with E-state index in [0.717, 1.165) is 12.8 Å². The van der Waals surface area contributed by atoms with E-state index in [-0.39, 0.29) is 13.0 Å². The second kappa shape index (κ2) is 7.50. The molecule has 2 N–H and O–H groups in total. The van der Waals surface area contributed by atoms with Crippen molar-refractivity contribution < 1.29 is 14.7 Å². The van der Waals surface area contributed by atoms with Gasteiger partial charge in [-0.05, 0) is 6.42 Å². The third-order valence-electron chi connectivity index (χ3n) is 1.13. The van der Waals surface area contributed by atoms with Gasteiger partial charge in [-0.15, -0.1) is 0 Å². The molecule has 0 aromatic carbocycles. The normalized spacial score (nSPS) is 9.64. The molecule has 0 fully saturated rings. The van der Waals surface area contributed by atoms with Crippen LogP contribution in [0.1, 0.15) is 26.2 Å². The van der Waals surface area contributed by atoms with E-state index in [4.69, 9.17) is 5.11 Å². The number of hydroxylamine groups is 1. The van der Waals surface area contributed by atoms with Gasteiger partial charge in [-0.25, -0.2) is 0 Å². The molecule has 0 rings (SSSR count). The minimum atomic E-state index is -0.413. The summed E-state index contributed by atoms with van der Waals surface area (Å²) >= 11 is 0. The fourth-order valence-electron chi connectivity index (χ4n) is 0.523. The van der Waals surface area contributed by atoms with Gasteiger partial charge in [0.1, 0.15) is 0 Å². The van der Waals surface area contributed by atoms with Gasteiger partial charge in [0, 0.05) is 6.54 Å². The van der Waals surface area contributed by atoms with Gasteiger partial charge in [-0.2, -0.15) is 5.48 Å². The van der Waals surface area contributed by atoms with E-state index in [1.165, 1.54) is 0 Å². The molecular weight excluding hydrogens is 146 g/mol. The number of rotatable bonds is 6. The van der Waals surface area contributed by atoms with Crippen molar-refractivity contribution in [3.05, 3.63) is 0 Å². The van der Waals surface area contributed by atoms with E-state index in [0.29, 0.717) is 6.54 Å². The minimum Gasteiger partial charge on any atom is -0.396 e. The molecule has 0 aliphatic carbocycles. The summed E-state index contributed by atoms with van der Waals surface area (Å²) in [5, 5.41) is 8.31. The Balaban J connectivity index is 3.04. The SMILES string of the molecule is CCCCNOC(=O)CCO. The van der Waals surface area contributed by atoms with Crippen LogP contribution < -0.4 is 5.48 Å². The molecule has 0 spiro atoms. The number of hydrogen-bond acceptors (Lipinski definition) is 4. The van der Waals surface area contributed by atoms with Crippen LogP contribution in [0.2, 0.25) is 0 Å². The Morgan fingerprint density at radius 2 is 2.36 bits per heavy atom. The number of aliphatic hydroxyl groups is 1. The molecule has 0 unspecified atom stereocenters. The van der Waals surface area contributed by atoms with Gasteiger partial charge in [-0.1, -0.05) is 13.3 Å². The molecule has 0 heterocycles. The zero-order valence-corrected chi connectivity index (χ0v) is 6.80. The van der Waals surface area contributed by atoms with Crippen molar-refractivity contribution in [2.45, 2.75) is 26.2 Å². The van der Waals surface area contributed by atoms with E-state index in [2.05, 4.69) is 17.2 Å². The van der Waals surface area contributed by atoms with Crippen molar-refractivity contribution >= 4 is 5.97 Å². The Bertz CT molecular complexity index is 106. The first-order chi connectivity index (χ1) is 5.31. The standard InChI is InChI=1S/C7H15NO3/c1-2-3-5-8-11-7(10)4-6-9/h8-9H,2-6H2,1H3. The summed E-state index contributed by atoms with van der Waals surface area (Å²) in [6.07, 6.45) is 2.09. The Morgan fingerprint density at radius 3 is 2.91 bits per heavy atom. The Kier molecular flexibility index (Phi) is 7.08. The van der Waals surface area contributed by atoms with Crippen molar-refractivity contribution in [3.8, 4) is 0 Å². The second-order valence-electron chi connectivity index (χ2n) is 2.20. The van der Waals surface area contributed by atoms with E-state index >= 15 is 0 Å². The molecule has 0 aromatic rings. The summed E-state index contributed by atoms with van der Waals surface area (Å²) in [4.78, 5) is 15.1. The molecule has 0 radical (unpaired) electrons. The molecule has 0 saturated carbocycles. The van der Waals surface area contributed by atoms with Gasteiger partial charge in [-0.3, -0.25) is 4.79 Å². The first kappa shape index (κ1) is 10.4. The highest BCUT2D eigenvalue weighted by molar-refractivity contribution is 5.68. The van der Waals surface area contributed by atoms with Crippen molar-refractivity contribution in [1.29, 1.82) is 0 Å². The second-order valence-corrected chi connectivity index (χ2v) is 2.20. The van der Waals surface area contributed by atoms with Gasteiger partial charge in [0.2, 0.25) is 0 Å². The number of nitrogens with one attached hydrogen (secondary N) is 1. The molecule has 0 amide bonds. The maximum atomic E-state index is 10.6. The fourth-order valence-corrected chi connectivity index (χ4v) is 0.523. The van der Waals surface area contributed by atoms with Crippen LogP contribution in [0.4, 0.5) is 0 Å². The number of aliphatic hydroxyl groups excluding tert-OH is 1. The summed E-state index contributed by atoms with van der Waals surface area (Å²) in [6.45, 7) is 2.57. The third kappa shape index (κ3) is 7.29. The number of unbranched alkanes of at least 4 members (excludes halogenated alkanes) is 1. The van der Waals surface area contributed by atoms with Crippen LogP contribution in [0.5, 0.6) is 0 Å². The Morgan fingerprint density at radius 1 is 1.64 bits per heavy atom. The molecule has 66 valence electrons. The lowest BCUT2D eigenvalue weighted by Gasteiger charge is -2.02. The highest BCUT2D eigenvalue weighted by atomic mass is 16.7. The third-order valence-corrected chi connectivity index (χ3v) is 1.13. The fraction of sp³-hybridized carbons (Fsp3) is 0.857. The topological polar surface area (TPSA) is 58.6 Å². The monoisotopic (exact) mass is 161 g/mol. The summed E-state index contributed by atoms with van der Waals surface area (Å²) in [7, 11) is 0. The molecule has 0 aliphatic heterocycles. The van der Waals surface area contributed by atoms with Crippen LogP contribution in [0.15, 0.2) is 0 Å². The Labute approximate surface area is 66.5 Å². The molecule has 0 bridgehead atoms. The molecule has 0 aliphatic rings. The molecule has 0 atom stereocenters. The van der Waals surface area contributed by atoms with Crippen LogP contribution in [-0.4, -0.2) is 24.2 Å². The summed E-state index contributed by atoms with van der Waals surface area (Å²) in [5.74, 6) is -0.413. The molecular formula is C7H15NO3. The predicted octanol–water partition coefficient (Wildman–Crippen LogP) is 0.217. The maximum absolute atomic E-state index is 10.6. The highest BCUT2D eigenvalue weighted by Gasteiger charge is 1.99. The minimum absolute atomic E-state index is 0.0547. The lowest BCUT2D eigenvalue weighted by atomic mass is 10.3. The number of carbonyl (C=O) groups is 1. The van der Waals surface area contributed by atoms with Crippen LogP contribution in [0.25, 0.3) is 0 Å². The van der Waals surface area contributed by atoms with Crippen LogP contribution in [0, 0.1) is 0 Å². The average Bonchev–Trinajstić information content (AvgIpc) is 1.99. The van der Waals surface area contributed by atoms with Crippen molar-refractivity contribution in [2.24, 2.45) is 0 Å². The molecule has 0 saturated heterocycles. The van der Waals surface area contributed by atoms with Gasteiger partial charge in [0.05, 0.1) is 13.0 Å². The molecule has 0 aromatic heterocycles. The predicted molar refractivity (Wildman–Crippen MR) is 40.7 cm³/mol. The summed E-state index contributed by atoms with van der Waals surface area (Å²) in [5.41, 5.74) is 2.51. The zero-order chi connectivity index (χ0) is 8.53. The average molecular weight is 161 g/mol. The number of hydrogen-bond donors (Lipinski definition) is 2. The largest absolute Gasteiger partial charge is 0.396 e. The zero-order valence-electron chi connectivity index (χ0n) is 6.80. The van der Waals surface area contributed by atoms with Gasteiger partial charge in [0.25, 0.3) is 0 Å². The summed E-state index contributed by atoms with van der Waals surface area (Å²) < 4.78 is 0. The van der Waals surface area contributed by atoms with Gasteiger partial charge in [0.15, 0.2) is 0 Å². The van der Waals surface area contributed by atoms with E-state index in [1.54, 1.807) is 0 Å². The smallest absolute Gasteiger partial charge is 0.327 e. The van der Waals surface area contributed by atoms with E-state index < -0.39 is 5.97 Å². The summed E-state index contributed by atoms with van der Waals surface area (Å²) in [6, 6.07) is 0. The van der Waals surface area contributed by atoms with Crippen LogP contribution in [-0.2, 0) is 9.63 Å². The van der Waals surface area contributed by atoms with Crippen molar-refractivity contribution in [1.82, 2.24) is 5.48 Å². The van der Waals surface area contributed by atoms with Crippen LogP contribution in [0.3, 0.4) is 0 Å². The molecule has 4 heteroatoms. The first-order valence-electron chi connectivity index (χ1n) is 3.84. The maximum Gasteiger partial charge on any atom is 0.327 e. The first-order valence-corrected chi connectivity index (χ1v) is 3.84. The molecule has 4 nitrogen and oxygen atoms in total. The van der Waals surface area contributed by atoms with E-state index in [1.807, 2.05) is 0 Å². The quantitative estimate of drug-likeness (QED) is 0.432. The molecule has 11 heavy (non-hydrogen) atoms. The van der Waals surface area contributed by atoms with Gasteiger partial charge < -0.3 is 9.94 Å².